The van der Waals surface area contributed by atoms with Crippen molar-refractivity contribution in [1.29, 1.82) is 0 Å². The number of aromatic nitrogens is 4. The van der Waals surface area contributed by atoms with Gasteiger partial charge in [-0.2, -0.15) is 5.10 Å². The smallest absolute Gasteiger partial charge is 0.276 e. The van der Waals surface area contributed by atoms with Gasteiger partial charge in [0.25, 0.3) is 5.91 Å². The normalized spacial score (nSPS) is 10.9. The van der Waals surface area contributed by atoms with Crippen LogP contribution in [0.25, 0.3) is 5.13 Å². The first kappa shape index (κ1) is 15.5. The number of hydrogen-bond donors (Lipinski definition) is 1. The molecule has 0 fully saturated rings. The summed E-state index contributed by atoms with van der Waals surface area (Å²) >= 11 is 1.55. The molecule has 0 radical (unpaired) electrons. The van der Waals surface area contributed by atoms with Crippen molar-refractivity contribution in [2.45, 2.75) is 26.7 Å². The Bertz CT molecular complexity index is 796. The van der Waals surface area contributed by atoms with Gasteiger partial charge in [0.05, 0.1) is 0 Å². The van der Waals surface area contributed by atoms with E-state index in [0.717, 1.165) is 28.5 Å². The first-order valence-corrected chi connectivity index (χ1v) is 8.35. The number of carbonyl (C=O) groups excluding carboxylic acids is 1. The number of amides is 1. The number of thiazole rings is 1. The minimum absolute atomic E-state index is 0.207. The SMILES string of the molecule is CCCc1sc(-n2cccc2)nc1C(=O)Nc1cc(C)n(C)n1. The Balaban J connectivity index is 1.89. The molecule has 0 aliphatic heterocycles. The van der Waals surface area contributed by atoms with Crippen molar-refractivity contribution >= 4 is 23.1 Å². The van der Waals surface area contributed by atoms with Gasteiger partial charge in [0.2, 0.25) is 0 Å². The average Bonchev–Trinajstić information content (AvgIpc) is 3.21. The van der Waals surface area contributed by atoms with Crippen molar-refractivity contribution in [3.63, 3.8) is 0 Å². The van der Waals surface area contributed by atoms with Gasteiger partial charge in [-0.05, 0) is 25.5 Å². The van der Waals surface area contributed by atoms with Crippen LogP contribution in [-0.2, 0) is 13.5 Å². The third-order valence-electron chi connectivity index (χ3n) is 3.56. The van der Waals surface area contributed by atoms with E-state index >= 15 is 0 Å². The van der Waals surface area contributed by atoms with Crippen molar-refractivity contribution in [2.75, 3.05) is 5.32 Å². The largest absolute Gasteiger partial charge is 0.304 e. The van der Waals surface area contributed by atoms with Crippen LogP contribution >= 0.6 is 11.3 Å². The molecule has 3 aromatic rings. The van der Waals surface area contributed by atoms with Gasteiger partial charge in [-0.1, -0.05) is 13.3 Å². The minimum atomic E-state index is -0.207. The molecule has 6 nitrogen and oxygen atoms in total. The molecular weight excluding hydrogens is 310 g/mol. The van der Waals surface area contributed by atoms with Crippen LogP contribution in [-0.4, -0.2) is 25.2 Å². The van der Waals surface area contributed by atoms with Gasteiger partial charge >= 0.3 is 0 Å². The highest BCUT2D eigenvalue weighted by atomic mass is 32.1. The number of nitrogens with zero attached hydrogens (tertiary/aromatic N) is 4. The minimum Gasteiger partial charge on any atom is -0.304 e. The van der Waals surface area contributed by atoms with Gasteiger partial charge in [-0.15, -0.1) is 11.3 Å². The molecule has 0 aliphatic rings. The fourth-order valence-electron chi connectivity index (χ4n) is 2.28. The van der Waals surface area contributed by atoms with Gasteiger partial charge < -0.3 is 9.88 Å². The molecule has 120 valence electrons. The molecule has 0 saturated heterocycles. The summed E-state index contributed by atoms with van der Waals surface area (Å²) in [5, 5.41) is 7.91. The van der Waals surface area contributed by atoms with E-state index < -0.39 is 0 Å². The monoisotopic (exact) mass is 329 g/mol. The fourth-order valence-corrected chi connectivity index (χ4v) is 3.41. The zero-order valence-corrected chi connectivity index (χ0v) is 14.2. The van der Waals surface area contributed by atoms with E-state index in [1.165, 1.54) is 0 Å². The second-order valence-electron chi connectivity index (χ2n) is 5.36. The maximum Gasteiger partial charge on any atom is 0.276 e. The van der Waals surface area contributed by atoms with Crippen LogP contribution in [0.1, 0.15) is 34.4 Å². The van der Waals surface area contributed by atoms with E-state index in [-0.39, 0.29) is 5.91 Å². The van der Waals surface area contributed by atoms with Gasteiger partial charge in [-0.3, -0.25) is 9.48 Å². The summed E-state index contributed by atoms with van der Waals surface area (Å²) in [5.74, 6) is 0.342. The lowest BCUT2D eigenvalue weighted by Crippen LogP contribution is -2.15. The number of aryl methyl sites for hydroxylation is 3. The van der Waals surface area contributed by atoms with Crippen molar-refractivity contribution < 1.29 is 4.79 Å². The van der Waals surface area contributed by atoms with Crippen molar-refractivity contribution in [1.82, 2.24) is 19.3 Å². The van der Waals surface area contributed by atoms with Crippen LogP contribution in [0.4, 0.5) is 5.82 Å². The highest BCUT2D eigenvalue weighted by Gasteiger charge is 2.19. The predicted molar refractivity (Wildman–Crippen MR) is 91.3 cm³/mol. The molecule has 1 N–H and O–H groups in total. The van der Waals surface area contributed by atoms with Crippen LogP contribution in [0.3, 0.4) is 0 Å². The fraction of sp³-hybridized carbons (Fsp3) is 0.312. The van der Waals surface area contributed by atoms with Crippen molar-refractivity contribution in [2.24, 2.45) is 7.05 Å². The molecule has 0 aromatic carbocycles. The molecule has 0 bridgehead atoms. The van der Waals surface area contributed by atoms with Crippen LogP contribution < -0.4 is 5.32 Å². The van der Waals surface area contributed by atoms with E-state index in [1.807, 2.05) is 49.1 Å². The number of hydrogen-bond acceptors (Lipinski definition) is 4. The third-order valence-corrected chi connectivity index (χ3v) is 4.69. The second kappa shape index (κ2) is 6.37. The summed E-state index contributed by atoms with van der Waals surface area (Å²) in [6.07, 6.45) is 5.66. The highest BCUT2D eigenvalue weighted by molar-refractivity contribution is 7.14. The first-order valence-electron chi connectivity index (χ1n) is 7.53. The van der Waals surface area contributed by atoms with Crippen LogP contribution in [0, 0.1) is 6.92 Å². The number of nitrogens with one attached hydrogen (secondary N) is 1. The standard InChI is InChI=1S/C16H19N5OS/c1-4-7-12-14(18-16(23-12)21-8-5-6-9-21)15(22)17-13-10-11(2)20(3)19-13/h5-6,8-10H,4,7H2,1-3H3,(H,17,19,22). The van der Waals surface area contributed by atoms with Crippen molar-refractivity contribution in [3.8, 4) is 5.13 Å². The molecule has 0 saturated carbocycles. The summed E-state index contributed by atoms with van der Waals surface area (Å²) in [4.78, 5) is 18.1. The molecule has 1 amide bonds. The van der Waals surface area contributed by atoms with E-state index in [9.17, 15) is 4.79 Å². The maximum absolute atomic E-state index is 12.6. The summed E-state index contributed by atoms with van der Waals surface area (Å²) in [6.45, 7) is 4.04. The van der Waals surface area contributed by atoms with Gasteiger partial charge in [0, 0.05) is 36.1 Å². The maximum atomic E-state index is 12.6. The lowest BCUT2D eigenvalue weighted by molar-refractivity contribution is 0.102. The molecule has 0 spiro atoms. The number of rotatable bonds is 5. The van der Waals surface area contributed by atoms with E-state index in [4.69, 9.17) is 0 Å². The predicted octanol–water partition coefficient (Wildman–Crippen LogP) is 3.18. The van der Waals surface area contributed by atoms with Crippen LogP contribution in [0.5, 0.6) is 0 Å². The van der Waals surface area contributed by atoms with E-state index in [0.29, 0.717) is 11.5 Å². The highest BCUT2D eigenvalue weighted by Crippen LogP contribution is 2.24. The zero-order chi connectivity index (χ0) is 16.4. The molecule has 3 rings (SSSR count). The van der Waals surface area contributed by atoms with Crippen LogP contribution in [0.2, 0.25) is 0 Å². The molecule has 0 aliphatic carbocycles. The summed E-state index contributed by atoms with van der Waals surface area (Å²) < 4.78 is 3.65. The number of anilines is 1. The quantitative estimate of drug-likeness (QED) is 0.782. The lowest BCUT2D eigenvalue weighted by atomic mass is 10.2. The molecule has 3 heterocycles. The van der Waals surface area contributed by atoms with Crippen molar-refractivity contribution in [3.05, 3.63) is 46.9 Å². The average molecular weight is 329 g/mol. The van der Waals surface area contributed by atoms with Gasteiger partial charge in [0.15, 0.2) is 10.9 Å². The molecule has 3 aromatic heterocycles. The Morgan fingerprint density at radius 1 is 1.35 bits per heavy atom. The molecule has 7 heteroatoms. The molecule has 0 atom stereocenters. The zero-order valence-electron chi connectivity index (χ0n) is 13.4. The summed E-state index contributed by atoms with van der Waals surface area (Å²) in [6, 6.07) is 5.73. The Morgan fingerprint density at radius 2 is 2.09 bits per heavy atom. The van der Waals surface area contributed by atoms with E-state index in [2.05, 4.69) is 22.3 Å². The number of carbonyl (C=O) groups is 1. The van der Waals surface area contributed by atoms with Gasteiger partial charge in [0.1, 0.15) is 5.69 Å². The third kappa shape index (κ3) is 3.19. The summed E-state index contributed by atoms with van der Waals surface area (Å²) in [5.41, 5.74) is 1.48. The first-order chi connectivity index (χ1) is 11.1. The Labute approximate surface area is 138 Å². The summed E-state index contributed by atoms with van der Waals surface area (Å²) in [7, 11) is 1.85. The molecule has 0 unspecified atom stereocenters. The molecular formula is C16H19N5OS. The molecule has 23 heavy (non-hydrogen) atoms. The Hall–Kier alpha value is -2.41. The van der Waals surface area contributed by atoms with E-state index in [1.54, 1.807) is 16.0 Å². The van der Waals surface area contributed by atoms with Crippen LogP contribution in [0.15, 0.2) is 30.6 Å². The lowest BCUT2D eigenvalue weighted by Gasteiger charge is -2.01. The Kier molecular flexibility index (Phi) is 4.29. The Morgan fingerprint density at radius 3 is 2.70 bits per heavy atom. The topological polar surface area (TPSA) is 64.7 Å². The van der Waals surface area contributed by atoms with Gasteiger partial charge in [-0.25, -0.2) is 4.98 Å². The second-order valence-corrected chi connectivity index (χ2v) is 6.42.